The molecule has 1 fully saturated rings. The molecule has 0 saturated carbocycles. The minimum atomic E-state index is -0.873. The van der Waals surface area contributed by atoms with Crippen LogP contribution in [0.5, 0.6) is 0 Å². The summed E-state index contributed by atoms with van der Waals surface area (Å²) in [6.45, 7) is 3.46. The van der Waals surface area contributed by atoms with Crippen LogP contribution in [0.4, 0.5) is 4.39 Å². The van der Waals surface area contributed by atoms with Crippen LogP contribution in [0.2, 0.25) is 5.02 Å². The van der Waals surface area contributed by atoms with Gasteiger partial charge in [-0.1, -0.05) is 24.6 Å². The van der Waals surface area contributed by atoms with Gasteiger partial charge in [0, 0.05) is 23.2 Å². The summed E-state index contributed by atoms with van der Waals surface area (Å²) in [5.74, 6) is -1.81. The third-order valence-electron chi connectivity index (χ3n) is 3.63. The number of nitrogens with zero attached hydrogens (tertiary/aromatic N) is 1. The summed E-state index contributed by atoms with van der Waals surface area (Å²) in [4.78, 5) is 13.1. The van der Waals surface area contributed by atoms with Gasteiger partial charge in [0.2, 0.25) is 0 Å². The zero-order valence-corrected chi connectivity index (χ0v) is 11.9. The van der Waals surface area contributed by atoms with Crippen molar-refractivity contribution in [2.24, 2.45) is 5.92 Å². The van der Waals surface area contributed by atoms with E-state index in [1.54, 1.807) is 12.1 Å². The largest absolute Gasteiger partial charge is 0.481 e. The van der Waals surface area contributed by atoms with Gasteiger partial charge in [-0.25, -0.2) is 4.39 Å². The molecule has 2 unspecified atom stereocenters. The minimum absolute atomic E-state index is 0.208. The highest BCUT2D eigenvalue weighted by Gasteiger charge is 2.37. The standard InChI is InChI=1S/C14H17ClFNO3/c1-2-17(13-8-20-7-11(13)14(18)19)6-9-3-4-10(15)5-12(9)16/h3-5,11,13H,2,6-8H2,1H3,(H,18,19). The van der Waals surface area contributed by atoms with Crippen LogP contribution in [0.15, 0.2) is 18.2 Å². The van der Waals surface area contributed by atoms with Crippen LogP contribution in [0, 0.1) is 11.7 Å². The van der Waals surface area contributed by atoms with Crippen molar-refractivity contribution >= 4 is 17.6 Å². The van der Waals surface area contributed by atoms with Crippen molar-refractivity contribution in [3.8, 4) is 0 Å². The summed E-state index contributed by atoms with van der Waals surface area (Å²) in [6, 6.07) is 4.30. The first-order valence-electron chi connectivity index (χ1n) is 6.51. The Hall–Kier alpha value is -1.17. The van der Waals surface area contributed by atoms with E-state index in [-0.39, 0.29) is 18.5 Å². The van der Waals surface area contributed by atoms with E-state index in [2.05, 4.69) is 0 Å². The number of benzene rings is 1. The summed E-state index contributed by atoms with van der Waals surface area (Å²) in [5.41, 5.74) is 0.507. The van der Waals surface area contributed by atoms with Crippen LogP contribution >= 0.6 is 11.6 Å². The Balaban J connectivity index is 2.14. The first-order chi connectivity index (χ1) is 9.52. The van der Waals surface area contributed by atoms with Gasteiger partial charge < -0.3 is 9.84 Å². The number of carbonyl (C=O) groups is 1. The average Bonchev–Trinajstić information content (AvgIpc) is 2.87. The number of likely N-dealkylation sites (N-methyl/N-ethyl adjacent to an activating group) is 1. The second kappa shape index (κ2) is 6.52. The minimum Gasteiger partial charge on any atom is -0.481 e. The number of hydrogen-bond donors (Lipinski definition) is 1. The van der Waals surface area contributed by atoms with Gasteiger partial charge in [-0.05, 0) is 18.7 Å². The monoisotopic (exact) mass is 301 g/mol. The Morgan fingerprint density at radius 3 is 2.90 bits per heavy atom. The molecule has 1 aliphatic rings. The van der Waals surface area contributed by atoms with E-state index in [4.69, 9.17) is 16.3 Å². The van der Waals surface area contributed by atoms with Gasteiger partial charge in [-0.2, -0.15) is 0 Å². The molecular formula is C14H17ClFNO3. The second-order valence-corrected chi connectivity index (χ2v) is 5.28. The van der Waals surface area contributed by atoms with Crippen molar-refractivity contribution < 1.29 is 19.0 Å². The molecule has 2 atom stereocenters. The van der Waals surface area contributed by atoms with Crippen molar-refractivity contribution in [3.63, 3.8) is 0 Å². The predicted molar refractivity (Wildman–Crippen MR) is 73.2 cm³/mol. The number of ether oxygens (including phenoxy) is 1. The molecule has 0 aliphatic carbocycles. The fraction of sp³-hybridized carbons (Fsp3) is 0.500. The van der Waals surface area contributed by atoms with E-state index in [0.29, 0.717) is 30.3 Å². The van der Waals surface area contributed by atoms with Crippen LogP contribution in [0.3, 0.4) is 0 Å². The van der Waals surface area contributed by atoms with E-state index in [0.717, 1.165) is 0 Å². The number of hydrogen-bond acceptors (Lipinski definition) is 3. The Kier molecular flexibility index (Phi) is 4.96. The van der Waals surface area contributed by atoms with Crippen molar-refractivity contribution in [2.45, 2.75) is 19.5 Å². The smallest absolute Gasteiger partial charge is 0.310 e. The van der Waals surface area contributed by atoms with Crippen LogP contribution in [0.1, 0.15) is 12.5 Å². The molecule has 1 aliphatic heterocycles. The number of carboxylic acid groups (broad SMARTS) is 1. The maximum atomic E-state index is 13.8. The maximum absolute atomic E-state index is 13.8. The molecular weight excluding hydrogens is 285 g/mol. The van der Waals surface area contributed by atoms with E-state index < -0.39 is 11.9 Å². The molecule has 110 valence electrons. The van der Waals surface area contributed by atoms with Gasteiger partial charge in [0.05, 0.1) is 19.1 Å². The molecule has 20 heavy (non-hydrogen) atoms. The zero-order valence-electron chi connectivity index (χ0n) is 11.2. The summed E-state index contributed by atoms with van der Waals surface area (Å²) in [7, 11) is 0. The van der Waals surface area contributed by atoms with E-state index in [1.807, 2.05) is 11.8 Å². The van der Waals surface area contributed by atoms with Crippen LogP contribution < -0.4 is 0 Å². The lowest BCUT2D eigenvalue weighted by Crippen LogP contribution is -2.42. The molecule has 0 bridgehead atoms. The second-order valence-electron chi connectivity index (χ2n) is 4.85. The highest BCUT2D eigenvalue weighted by Crippen LogP contribution is 2.23. The number of halogens is 2. The number of carboxylic acids is 1. The van der Waals surface area contributed by atoms with Gasteiger partial charge in [-0.3, -0.25) is 9.69 Å². The summed E-state index contributed by atoms with van der Waals surface area (Å²) in [5, 5.41) is 9.54. The van der Waals surface area contributed by atoms with Crippen LogP contribution in [-0.2, 0) is 16.1 Å². The first kappa shape index (κ1) is 15.2. The first-order valence-corrected chi connectivity index (χ1v) is 6.89. The lowest BCUT2D eigenvalue weighted by Gasteiger charge is -2.29. The molecule has 0 aromatic heterocycles. The van der Waals surface area contributed by atoms with Gasteiger partial charge in [0.1, 0.15) is 5.82 Å². The molecule has 1 saturated heterocycles. The van der Waals surface area contributed by atoms with Crippen molar-refractivity contribution in [1.82, 2.24) is 4.90 Å². The Morgan fingerprint density at radius 2 is 2.30 bits per heavy atom. The topological polar surface area (TPSA) is 49.8 Å². The fourth-order valence-corrected chi connectivity index (χ4v) is 2.63. The Bertz CT molecular complexity index is 497. The van der Waals surface area contributed by atoms with Crippen molar-refractivity contribution in [2.75, 3.05) is 19.8 Å². The Labute approximate surface area is 122 Å². The SMILES string of the molecule is CCN(Cc1ccc(Cl)cc1F)C1COCC1C(=O)O. The molecule has 1 heterocycles. The van der Waals surface area contributed by atoms with E-state index in [9.17, 15) is 14.3 Å². The third-order valence-corrected chi connectivity index (χ3v) is 3.87. The molecule has 1 N–H and O–H groups in total. The summed E-state index contributed by atoms with van der Waals surface area (Å²) >= 11 is 5.73. The molecule has 0 radical (unpaired) electrons. The van der Waals surface area contributed by atoms with Crippen LogP contribution in [0.25, 0.3) is 0 Å². The molecule has 6 heteroatoms. The lowest BCUT2D eigenvalue weighted by molar-refractivity contribution is -0.143. The molecule has 0 spiro atoms. The molecule has 1 aromatic rings. The van der Waals surface area contributed by atoms with Gasteiger partial charge in [-0.15, -0.1) is 0 Å². The lowest BCUT2D eigenvalue weighted by atomic mass is 10.0. The molecule has 4 nitrogen and oxygen atoms in total. The molecule has 1 aromatic carbocycles. The van der Waals surface area contributed by atoms with E-state index in [1.165, 1.54) is 6.07 Å². The highest BCUT2D eigenvalue weighted by atomic mass is 35.5. The number of rotatable bonds is 5. The van der Waals surface area contributed by atoms with E-state index >= 15 is 0 Å². The van der Waals surface area contributed by atoms with Crippen LogP contribution in [-0.4, -0.2) is 41.8 Å². The average molecular weight is 302 g/mol. The normalized spacial score (nSPS) is 22.4. The predicted octanol–water partition coefficient (Wildman–Crippen LogP) is 2.40. The maximum Gasteiger partial charge on any atom is 0.310 e. The quantitative estimate of drug-likeness (QED) is 0.907. The molecule has 0 amide bonds. The molecule has 2 rings (SSSR count). The van der Waals surface area contributed by atoms with Crippen molar-refractivity contribution in [1.29, 1.82) is 0 Å². The third kappa shape index (κ3) is 3.29. The van der Waals surface area contributed by atoms with Gasteiger partial charge in [0.15, 0.2) is 0 Å². The summed E-state index contributed by atoms with van der Waals surface area (Å²) in [6.07, 6.45) is 0. The highest BCUT2D eigenvalue weighted by molar-refractivity contribution is 6.30. The van der Waals surface area contributed by atoms with Gasteiger partial charge >= 0.3 is 5.97 Å². The van der Waals surface area contributed by atoms with Crippen molar-refractivity contribution in [3.05, 3.63) is 34.6 Å². The fourth-order valence-electron chi connectivity index (χ4n) is 2.47. The summed E-state index contributed by atoms with van der Waals surface area (Å²) < 4.78 is 19.1. The zero-order chi connectivity index (χ0) is 14.7. The van der Waals surface area contributed by atoms with Gasteiger partial charge in [0.25, 0.3) is 0 Å². The Morgan fingerprint density at radius 1 is 1.55 bits per heavy atom. The number of aliphatic carboxylic acids is 1.